The van der Waals surface area contributed by atoms with Crippen molar-refractivity contribution >= 4 is 27.5 Å². The lowest BCUT2D eigenvalue weighted by molar-refractivity contribution is -0.140. The van der Waals surface area contributed by atoms with E-state index in [1.807, 2.05) is 30.3 Å². The maximum absolute atomic E-state index is 15.0. The molecular weight excluding hydrogens is 597 g/mol. The summed E-state index contributed by atoms with van der Waals surface area (Å²) in [7, 11) is -4.29. The molecule has 0 fully saturated rings. The number of hydrogen-bond acceptors (Lipinski definition) is 6. The van der Waals surface area contributed by atoms with Crippen LogP contribution in [0.3, 0.4) is 0 Å². The first-order valence-electron chi connectivity index (χ1n) is 14.6. The molecule has 0 spiro atoms. The largest absolute Gasteiger partial charge is 0.486 e. The highest BCUT2D eigenvalue weighted by Crippen LogP contribution is 2.36. The van der Waals surface area contributed by atoms with Crippen LogP contribution in [0.1, 0.15) is 18.1 Å². The molecule has 0 bridgehead atoms. The maximum atomic E-state index is 15.0. The number of nitrogens with zero attached hydrogens (tertiary/aromatic N) is 2. The molecule has 1 aliphatic heterocycles. The molecule has 4 aromatic carbocycles. The molecule has 1 N–H and O–H groups in total. The molecule has 11 heteroatoms. The molecule has 9 nitrogen and oxygen atoms in total. The highest BCUT2D eigenvalue weighted by atomic mass is 32.2. The topological polar surface area (TPSA) is 105 Å². The van der Waals surface area contributed by atoms with Gasteiger partial charge in [-0.25, -0.2) is 12.8 Å². The molecule has 1 aliphatic rings. The number of rotatable bonds is 12. The molecular formula is C34H34FN3O6S. The van der Waals surface area contributed by atoms with E-state index in [9.17, 15) is 22.4 Å². The van der Waals surface area contributed by atoms with Crippen LogP contribution >= 0.6 is 0 Å². The van der Waals surface area contributed by atoms with Gasteiger partial charge in [-0.05, 0) is 42.8 Å². The number of carbonyl (C=O) groups excluding carboxylic acids is 2. The third-order valence-corrected chi connectivity index (χ3v) is 9.13. The van der Waals surface area contributed by atoms with Gasteiger partial charge >= 0.3 is 0 Å². The number of likely N-dealkylation sites (N-methyl/N-ethyl adjacent to an activating group) is 1. The second kappa shape index (κ2) is 14.3. The Bertz CT molecular complexity index is 1740. The number of ether oxygens (including phenoxy) is 2. The molecule has 4 aromatic rings. The fraction of sp³-hybridized carbons (Fsp3) is 0.235. The van der Waals surface area contributed by atoms with Crippen molar-refractivity contribution in [3.63, 3.8) is 0 Å². The first kappa shape index (κ1) is 31.5. The van der Waals surface area contributed by atoms with Gasteiger partial charge in [0.1, 0.15) is 31.6 Å². The normalized spacial score (nSPS) is 13.0. The number of halogens is 1. The van der Waals surface area contributed by atoms with E-state index in [2.05, 4.69) is 5.32 Å². The highest BCUT2D eigenvalue weighted by Gasteiger charge is 2.35. The predicted molar refractivity (Wildman–Crippen MR) is 168 cm³/mol. The number of hydrogen-bond donors (Lipinski definition) is 1. The van der Waals surface area contributed by atoms with Crippen molar-refractivity contribution in [2.75, 3.05) is 30.6 Å². The van der Waals surface area contributed by atoms with Crippen LogP contribution in [0.4, 0.5) is 10.1 Å². The fourth-order valence-corrected chi connectivity index (χ4v) is 6.52. The molecule has 1 atom stereocenters. The van der Waals surface area contributed by atoms with Gasteiger partial charge in [-0.3, -0.25) is 13.9 Å². The minimum Gasteiger partial charge on any atom is -0.486 e. The molecule has 5 rings (SSSR count). The minimum absolute atomic E-state index is 0.0297. The summed E-state index contributed by atoms with van der Waals surface area (Å²) in [6, 6.07) is 26.4. The number of sulfonamides is 1. The van der Waals surface area contributed by atoms with Crippen molar-refractivity contribution in [2.45, 2.75) is 30.8 Å². The zero-order valence-electron chi connectivity index (χ0n) is 24.8. The SMILES string of the molecule is CCNC(=O)[C@@H](Cc1ccccc1)N(Cc1ccccc1F)C(=O)CN(c1ccc2c(c1)OCCO2)S(=O)(=O)c1ccccc1. The van der Waals surface area contributed by atoms with Crippen LogP contribution in [0.2, 0.25) is 0 Å². The molecule has 0 saturated carbocycles. The minimum atomic E-state index is -4.29. The molecule has 234 valence electrons. The Morgan fingerprint density at radius 3 is 2.20 bits per heavy atom. The number of anilines is 1. The van der Waals surface area contributed by atoms with Gasteiger partial charge in [0.25, 0.3) is 10.0 Å². The van der Waals surface area contributed by atoms with Crippen molar-refractivity contribution in [3.05, 3.63) is 120 Å². The molecule has 45 heavy (non-hydrogen) atoms. The van der Waals surface area contributed by atoms with Gasteiger partial charge in [-0.15, -0.1) is 0 Å². The van der Waals surface area contributed by atoms with E-state index in [-0.39, 0.29) is 35.7 Å². The summed E-state index contributed by atoms with van der Waals surface area (Å²) in [5.41, 5.74) is 1.13. The van der Waals surface area contributed by atoms with E-state index >= 15 is 0 Å². The number of benzene rings is 4. The van der Waals surface area contributed by atoms with Crippen LogP contribution < -0.4 is 19.1 Å². The molecule has 0 saturated heterocycles. The van der Waals surface area contributed by atoms with E-state index < -0.39 is 40.2 Å². The van der Waals surface area contributed by atoms with Crippen molar-refractivity contribution in [2.24, 2.45) is 0 Å². The predicted octanol–water partition coefficient (Wildman–Crippen LogP) is 4.57. The second-order valence-corrected chi connectivity index (χ2v) is 12.2. The van der Waals surface area contributed by atoms with Gasteiger partial charge in [0, 0.05) is 31.1 Å². The summed E-state index contributed by atoms with van der Waals surface area (Å²) < 4.78 is 55.5. The Morgan fingerprint density at radius 1 is 0.867 bits per heavy atom. The summed E-state index contributed by atoms with van der Waals surface area (Å²) in [6.07, 6.45) is 0.127. The second-order valence-electron chi connectivity index (χ2n) is 10.4. The van der Waals surface area contributed by atoms with Crippen molar-refractivity contribution < 1.29 is 31.9 Å². The van der Waals surface area contributed by atoms with Crippen LogP contribution in [0, 0.1) is 5.82 Å². The van der Waals surface area contributed by atoms with Crippen LogP contribution in [0.25, 0.3) is 0 Å². The number of nitrogens with one attached hydrogen (secondary N) is 1. The van der Waals surface area contributed by atoms with E-state index in [4.69, 9.17) is 9.47 Å². The lowest BCUT2D eigenvalue weighted by Gasteiger charge is -2.34. The summed E-state index contributed by atoms with van der Waals surface area (Å²) in [6.45, 7) is 1.76. The van der Waals surface area contributed by atoms with E-state index in [1.54, 1.807) is 37.3 Å². The first-order chi connectivity index (χ1) is 21.8. The van der Waals surface area contributed by atoms with Gasteiger partial charge in [0.05, 0.1) is 10.6 Å². The number of carbonyl (C=O) groups is 2. The average Bonchev–Trinajstić information content (AvgIpc) is 3.06. The van der Waals surface area contributed by atoms with E-state index in [0.717, 1.165) is 9.87 Å². The number of amides is 2. The number of fused-ring (bicyclic) bond motifs is 1. The Hall–Kier alpha value is -4.90. The molecule has 0 radical (unpaired) electrons. The van der Waals surface area contributed by atoms with Gasteiger partial charge < -0.3 is 19.7 Å². The smallest absolute Gasteiger partial charge is 0.264 e. The van der Waals surface area contributed by atoms with Crippen LogP contribution in [0.15, 0.2) is 108 Å². The zero-order valence-corrected chi connectivity index (χ0v) is 25.6. The fourth-order valence-electron chi connectivity index (χ4n) is 5.09. The third kappa shape index (κ3) is 7.43. The van der Waals surface area contributed by atoms with Crippen LogP contribution in [0.5, 0.6) is 11.5 Å². The quantitative estimate of drug-likeness (QED) is 0.246. The summed E-state index contributed by atoms with van der Waals surface area (Å²) in [5.74, 6) is -0.895. The van der Waals surface area contributed by atoms with Crippen molar-refractivity contribution in [1.82, 2.24) is 10.2 Å². The van der Waals surface area contributed by atoms with Gasteiger partial charge in [0.15, 0.2) is 11.5 Å². The zero-order chi connectivity index (χ0) is 31.8. The maximum Gasteiger partial charge on any atom is 0.264 e. The first-order valence-corrected chi connectivity index (χ1v) is 16.0. The molecule has 0 aromatic heterocycles. The summed E-state index contributed by atoms with van der Waals surface area (Å²) >= 11 is 0. The molecule has 0 aliphatic carbocycles. The standard InChI is InChI=1S/C34H34FN3O6S/c1-2-36-34(40)30(21-25-11-5-3-6-12-25)37(23-26-13-9-10-16-29(26)35)33(39)24-38(45(41,42)28-14-7-4-8-15-28)27-17-18-31-32(22-27)44-20-19-43-31/h3-18,22,30H,2,19-21,23-24H2,1H3,(H,36,40)/t30-/m1/s1. The summed E-state index contributed by atoms with van der Waals surface area (Å²) in [4.78, 5) is 29.2. The lowest BCUT2D eigenvalue weighted by Crippen LogP contribution is -2.53. The molecule has 2 amide bonds. The van der Waals surface area contributed by atoms with Crippen LogP contribution in [-0.2, 0) is 32.6 Å². The van der Waals surface area contributed by atoms with Gasteiger partial charge in [-0.1, -0.05) is 66.7 Å². The van der Waals surface area contributed by atoms with Gasteiger partial charge in [0.2, 0.25) is 11.8 Å². The molecule has 1 heterocycles. The highest BCUT2D eigenvalue weighted by molar-refractivity contribution is 7.92. The third-order valence-electron chi connectivity index (χ3n) is 7.34. The Morgan fingerprint density at radius 2 is 1.51 bits per heavy atom. The van der Waals surface area contributed by atoms with E-state index in [0.29, 0.717) is 24.7 Å². The monoisotopic (exact) mass is 631 g/mol. The Kier molecular flexibility index (Phi) is 9.99. The van der Waals surface area contributed by atoms with E-state index in [1.165, 1.54) is 47.4 Å². The lowest BCUT2D eigenvalue weighted by atomic mass is 10.0. The van der Waals surface area contributed by atoms with Crippen molar-refractivity contribution in [1.29, 1.82) is 0 Å². The Balaban J connectivity index is 1.58. The summed E-state index contributed by atoms with van der Waals surface area (Å²) in [5, 5.41) is 2.79. The Labute approximate surface area is 262 Å². The van der Waals surface area contributed by atoms with Crippen molar-refractivity contribution in [3.8, 4) is 11.5 Å². The average molecular weight is 632 g/mol. The van der Waals surface area contributed by atoms with Gasteiger partial charge in [-0.2, -0.15) is 0 Å². The molecule has 0 unspecified atom stereocenters. The van der Waals surface area contributed by atoms with Crippen LogP contribution in [-0.4, -0.2) is 57.5 Å².